The van der Waals surface area contributed by atoms with Gasteiger partial charge in [-0.05, 0) is 46.5 Å². The molecule has 0 fully saturated rings. The van der Waals surface area contributed by atoms with Crippen LogP contribution in [0.4, 0.5) is 0 Å². The lowest BCUT2D eigenvalue weighted by atomic mass is 10.0. The Bertz CT molecular complexity index is 219. The Morgan fingerprint density at radius 2 is 1.76 bits per heavy atom. The molecule has 0 aliphatic heterocycles. The quantitative estimate of drug-likeness (QED) is 0.698. The number of nitrogens with one attached hydrogen (secondary N) is 1. The Labute approximate surface area is 106 Å². The molecule has 0 heterocycles. The van der Waals surface area contributed by atoms with Crippen LogP contribution in [0.5, 0.6) is 0 Å². The molecule has 0 aliphatic carbocycles. The van der Waals surface area contributed by atoms with Gasteiger partial charge < -0.3 is 10.1 Å². The van der Waals surface area contributed by atoms with E-state index in [1.807, 2.05) is 20.8 Å². The highest BCUT2D eigenvalue weighted by Crippen LogP contribution is 2.08. The van der Waals surface area contributed by atoms with E-state index in [9.17, 15) is 4.79 Å². The summed E-state index contributed by atoms with van der Waals surface area (Å²) in [5.74, 6) is 0.617. The Morgan fingerprint density at radius 3 is 2.24 bits per heavy atom. The molecule has 1 unspecified atom stereocenters. The summed E-state index contributed by atoms with van der Waals surface area (Å²) in [6, 6.07) is 0.472. The molecule has 1 N–H and O–H groups in total. The average Bonchev–Trinajstić information content (AvgIpc) is 2.11. The second-order valence-corrected chi connectivity index (χ2v) is 6.16. The smallest absolute Gasteiger partial charge is 0.307 e. The zero-order valence-electron chi connectivity index (χ0n) is 12.3. The van der Waals surface area contributed by atoms with Gasteiger partial charge in [-0.15, -0.1) is 0 Å². The first-order valence-electron chi connectivity index (χ1n) is 6.66. The molecule has 0 aromatic heterocycles. The summed E-state index contributed by atoms with van der Waals surface area (Å²) < 4.78 is 5.24. The van der Waals surface area contributed by atoms with E-state index in [2.05, 4.69) is 26.1 Å². The summed E-state index contributed by atoms with van der Waals surface area (Å²) in [7, 11) is 0. The van der Waals surface area contributed by atoms with Gasteiger partial charge in [-0.25, -0.2) is 0 Å². The van der Waals surface area contributed by atoms with Crippen LogP contribution >= 0.6 is 0 Å². The molecule has 0 rings (SSSR count). The maximum atomic E-state index is 11.4. The van der Waals surface area contributed by atoms with E-state index in [-0.39, 0.29) is 11.6 Å². The van der Waals surface area contributed by atoms with E-state index in [1.165, 1.54) is 6.42 Å². The molecule has 3 nitrogen and oxygen atoms in total. The first-order valence-corrected chi connectivity index (χ1v) is 6.66. The highest BCUT2D eigenvalue weighted by Gasteiger charge is 2.15. The van der Waals surface area contributed by atoms with E-state index >= 15 is 0 Å². The molecule has 102 valence electrons. The highest BCUT2D eigenvalue weighted by atomic mass is 16.6. The number of esters is 1. The lowest BCUT2D eigenvalue weighted by Crippen LogP contribution is -2.31. The van der Waals surface area contributed by atoms with Crippen LogP contribution in [0.1, 0.15) is 60.8 Å². The van der Waals surface area contributed by atoms with Gasteiger partial charge >= 0.3 is 5.97 Å². The Hall–Kier alpha value is -0.570. The zero-order valence-corrected chi connectivity index (χ0v) is 12.3. The highest BCUT2D eigenvalue weighted by molar-refractivity contribution is 5.70. The minimum absolute atomic E-state index is 0.124. The predicted molar refractivity (Wildman–Crippen MR) is 72.0 cm³/mol. The lowest BCUT2D eigenvalue weighted by molar-refractivity contribution is -0.154. The number of hydrogen-bond acceptors (Lipinski definition) is 3. The second kappa shape index (κ2) is 7.70. The van der Waals surface area contributed by atoms with Crippen LogP contribution in [-0.2, 0) is 9.53 Å². The summed E-state index contributed by atoms with van der Waals surface area (Å²) >= 11 is 0. The molecule has 0 aromatic carbocycles. The monoisotopic (exact) mass is 243 g/mol. The third-order valence-electron chi connectivity index (χ3n) is 2.42. The molecule has 0 aliphatic rings. The molecule has 1 atom stereocenters. The topological polar surface area (TPSA) is 38.3 Å². The van der Waals surface area contributed by atoms with E-state index < -0.39 is 0 Å². The Balaban J connectivity index is 3.59. The molecule has 3 heteroatoms. The van der Waals surface area contributed by atoms with Gasteiger partial charge in [0.1, 0.15) is 5.60 Å². The maximum absolute atomic E-state index is 11.4. The molecule has 17 heavy (non-hydrogen) atoms. The van der Waals surface area contributed by atoms with Crippen molar-refractivity contribution in [3.05, 3.63) is 0 Å². The van der Waals surface area contributed by atoms with Crippen molar-refractivity contribution >= 4 is 5.97 Å². The number of hydrogen-bond donors (Lipinski definition) is 1. The summed E-state index contributed by atoms with van der Waals surface area (Å²) in [6.07, 6.45) is 2.83. The van der Waals surface area contributed by atoms with Crippen molar-refractivity contribution in [1.29, 1.82) is 0 Å². The van der Waals surface area contributed by atoms with Crippen molar-refractivity contribution in [3.8, 4) is 0 Å². The fourth-order valence-electron chi connectivity index (χ4n) is 1.50. The van der Waals surface area contributed by atoms with Gasteiger partial charge in [0, 0.05) is 12.6 Å². The average molecular weight is 243 g/mol. The first-order chi connectivity index (χ1) is 7.70. The van der Waals surface area contributed by atoms with Crippen molar-refractivity contribution in [3.63, 3.8) is 0 Å². The molecule has 0 saturated heterocycles. The van der Waals surface area contributed by atoms with Crippen LogP contribution < -0.4 is 5.32 Å². The minimum atomic E-state index is -0.375. The van der Waals surface area contributed by atoms with Gasteiger partial charge in [-0.2, -0.15) is 0 Å². The van der Waals surface area contributed by atoms with Gasteiger partial charge in [0.15, 0.2) is 0 Å². The van der Waals surface area contributed by atoms with E-state index in [0.29, 0.717) is 19.0 Å². The van der Waals surface area contributed by atoms with Crippen molar-refractivity contribution in [2.24, 2.45) is 5.92 Å². The molecule has 0 spiro atoms. The van der Waals surface area contributed by atoms with E-state index in [0.717, 1.165) is 12.3 Å². The molecule has 0 radical (unpaired) electrons. The van der Waals surface area contributed by atoms with Crippen LogP contribution in [0.2, 0.25) is 0 Å². The fraction of sp³-hybridized carbons (Fsp3) is 0.929. The molecule has 0 bridgehead atoms. The molecule has 0 amide bonds. The van der Waals surface area contributed by atoms with Gasteiger partial charge in [-0.3, -0.25) is 4.79 Å². The predicted octanol–water partition coefficient (Wildman–Crippen LogP) is 3.13. The standard InChI is InChI=1S/C14H29NO2/c1-11(2)7-8-12(3)15-10-9-13(16)17-14(4,5)6/h11-12,15H,7-10H2,1-6H3. The molecule has 0 aromatic rings. The minimum Gasteiger partial charge on any atom is -0.460 e. The molecular formula is C14H29NO2. The Morgan fingerprint density at radius 1 is 1.18 bits per heavy atom. The number of carbonyl (C=O) groups excluding carboxylic acids is 1. The van der Waals surface area contributed by atoms with Crippen molar-refractivity contribution in [2.45, 2.75) is 72.4 Å². The van der Waals surface area contributed by atoms with E-state index in [1.54, 1.807) is 0 Å². The van der Waals surface area contributed by atoms with Crippen molar-refractivity contribution < 1.29 is 9.53 Å². The normalized spacial score (nSPS) is 13.8. The van der Waals surface area contributed by atoms with Crippen LogP contribution in [0, 0.1) is 5.92 Å². The summed E-state index contributed by atoms with van der Waals surface area (Å²) in [5, 5.41) is 3.35. The zero-order chi connectivity index (χ0) is 13.5. The van der Waals surface area contributed by atoms with Crippen molar-refractivity contribution in [2.75, 3.05) is 6.54 Å². The largest absolute Gasteiger partial charge is 0.460 e. The number of carbonyl (C=O) groups is 1. The second-order valence-electron chi connectivity index (χ2n) is 6.16. The molecule has 0 saturated carbocycles. The summed E-state index contributed by atoms with van der Waals surface area (Å²) in [5.41, 5.74) is -0.375. The van der Waals surface area contributed by atoms with Gasteiger partial charge in [0.05, 0.1) is 6.42 Å². The lowest BCUT2D eigenvalue weighted by Gasteiger charge is -2.20. The summed E-state index contributed by atoms with van der Waals surface area (Å²) in [4.78, 5) is 11.4. The SMILES string of the molecule is CC(C)CCC(C)NCCC(=O)OC(C)(C)C. The Kier molecular flexibility index (Phi) is 7.44. The number of ether oxygens (including phenoxy) is 1. The third-order valence-corrected chi connectivity index (χ3v) is 2.42. The van der Waals surface area contributed by atoms with Crippen LogP contribution in [0.3, 0.4) is 0 Å². The fourth-order valence-corrected chi connectivity index (χ4v) is 1.50. The molecular weight excluding hydrogens is 214 g/mol. The van der Waals surface area contributed by atoms with Crippen LogP contribution in [0.15, 0.2) is 0 Å². The maximum Gasteiger partial charge on any atom is 0.307 e. The van der Waals surface area contributed by atoms with Crippen molar-refractivity contribution in [1.82, 2.24) is 5.32 Å². The first kappa shape index (κ1) is 16.4. The van der Waals surface area contributed by atoms with Gasteiger partial charge in [0.25, 0.3) is 0 Å². The van der Waals surface area contributed by atoms with E-state index in [4.69, 9.17) is 4.74 Å². The van der Waals surface area contributed by atoms with Gasteiger partial charge in [0.2, 0.25) is 0 Å². The summed E-state index contributed by atoms with van der Waals surface area (Å²) in [6.45, 7) is 13.0. The number of rotatable bonds is 7. The third kappa shape index (κ3) is 11.7. The van der Waals surface area contributed by atoms with Gasteiger partial charge in [-0.1, -0.05) is 13.8 Å². The van der Waals surface area contributed by atoms with Crippen LogP contribution in [-0.4, -0.2) is 24.2 Å². The van der Waals surface area contributed by atoms with Crippen LogP contribution in [0.25, 0.3) is 0 Å².